The molecule has 1 aliphatic rings. The quantitative estimate of drug-likeness (QED) is 0.701. The van der Waals surface area contributed by atoms with Crippen LogP contribution in [-0.2, 0) is 9.05 Å². The van der Waals surface area contributed by atoms with Crippen molar-refractivity contribution in [1.29, 1.82) is 0 Å². The zero-order chi connectivity index (χ0) is 10.8. The van der Waals surface area contributed by atoms with Crippen molar-refractivity contribution >= 4 is 19.7 Å². The lowest BCUT2D eigenvalue weighted by Gasteiger charge is -2.34. The molecule has 1 heterocycles. The van der Waals surface area contributed by atoms with Crippen LogP contribution in [0.1, 0.15) is 20.3 Å². The van der Waals surface area contributed by atoms with Crippen LogP contribution in [0.3, 0.4) is 0 Å². The topological polar surface area (TPSA) is 37.4 Å². The molecule has 0 amide bonds. The van der Waals surface area contributed by atoms with Crippen LogP contribution in [0, 0.1) is 11.8 Å². The van der Waals surface area contributed by atoms with Crippen molar-refractivity contribution in [2.45, 2.75) is 20.3 Å². The van der Waals surface area contributed by atoms with Crippen LogP contribution in [0.5, 0.6) is 0 Å². The summed E-state index contributed by atoms with van der Waals surface area (Å²) in [7, 11) is 1.84. The Morgan fingerprint density at radius 1 is 1.29 bits per heavy atom. The number of hydrogen-bond acceptors (Lipinski definition) is 3. The highest BCUT2D eigenvalue weighted by Crippen LogP contribution is 2.20. The molecule has 0 N–H and O–H groups in total. The lowest BCUT2D eigenvalue weighted by Crippen LogP contribution is -2.40. The van der Waals surface area contributed by atoms with Gasteiger partial charge in [0.1, 0.15) is 0 Å². The molecule has 1 aliphatic heterocycles. The second-order valence-corrected chi connectivity index (χ2v) is 7.35. The number of halogens is 1. The average molecular weight is 240 g/mol. The van der Waals surface area contributed by atoms with Crippen molar-refractivity contribution in [3.63, 3.8) is 0 Å². The third kappa shape index (κ3) is 4.62. The van der Waals surface area contributed by atoms with Gasteiger partial charge >= 0.3 is 0 Å². The summed E-state index contributed by atoms with van der Waals surface area (Å²) in [6.07, 6.45) is 1.24. The summed E-state index contributed by atoms with van der Waals surface area (Å²) in [4.78, 5) is 2.19. The molecule has 1 rings (SSSR count). The molecule has 0 aromatic carbocycles. The maximum Gasteiger partial charge on any atom is 0.233 e. The van der Waals surface area contributed by atoms with E-state index in [1.54, 1.807) is 0 Å². The van der Waals surface area contributed by atoms with Gasteiger partial charge in [-0.2, -0.15) is 0 Å². The summed E-state index contributed by atoms with van der Waals surface area (Å²) in [6, 6.07) is 0. The molecule has 0 aromatic heterocycles. The van der Waals surface area contributed by atoms with Crippen molar-refractivity contribution in [3.8, 4) is 0 Å². The predicted molar refractivity (Wildman–Crippen MR) is 59.0 cm³/mol. The Hall–Kier alpha value is 0.200. The molecule has 5 heteroatoms. The van der Waals surface area contributed by atoms with Crippen molar-refractivity contribution in [2.24, 2.45) is 11.8 Å². The fourth-order valence-electron chi connectivity index (χ4n) is 2.21. The molecule has 0 bridgehead atoms. The second kappa shape index (κ2) is 4.81. The van der Waals surface area contributed by atoms with Crippen LogP contribution in [0.4, 0.5) is 0 Å². The van der Waals surface area contributed by atoms with Gasteiger partial charge in [0.25, 0.3) is 0 Å². The first-order valence-electron chi connectivity index (χ1n) is 5.01. The Kier molecular flexibility index (Phi) is 4.22. The van der Waals surface area contributed by atoms with Crippen molar-refractivity contribution < 1.29 is 8.42 Å². The van der Waals surface area contributed by atoms with Gasteiger partial charge in [-0.25, -0.2) is 8.42 Å². The molecule has 1 fully saturated rings. The Morgan fingerprint density at radius 2 is 1.79 bits per heavy atom. The van der Waals surface area contributed by atoms with Crippen molar-refractivity contribution in [2.75, 3.05) is 25.4 Å². The Morgan fingerprint density at radius 3 is 2.21 bits per heavy atom. The summed E-state index contributed by atoms with van der Waals surface area (Å²) in [5, 5.41) is 0. The lowest BCUT2D eigenvalue weighted by molar-refractivity contribution is 0.148. The fraction of sp³-hybridized carbons (Fsp3) is 1.00. The second-order valence-electron chi connectivity index (χ2n) is 4.45. The van der Waals surface area contributed by atoms with Gasteiger partial charge in [0.2, 0.25) is 9.05 Å². The van der Waals surface area contributed by atoms with Crippen LogP contribution in [-0.4, -0.2) is 38.7 Å². The van der Waals surface area contributed by atoms with Crippen LogP contribution < -0.4 is 0 Å². The van der Waals surface area contributed by atoms with Gasteiger partial charge < -0.3 is 4.90 Å². The molecule has 0 radical (unpaired) electrons. The largest absolute Gasteiger partial charge is 0.302 e. The number of piperidine rings is 1. The normalized spacial score (nSPS) is 30.5. The maximum atomic E-state index is 10.8. The molecular formula is C9H18ClNO2S. The van der Waals surface area contributed by atoms with Crippen LogP contribution in [0.2, 0.25) is 0 Å². The van der Waals surface area contributed by atoms with E-state index in [9.17, 15) is 8.42 Å². The zero-order valence-corrected chi connectivity index (χ0v) is 10.3. The summed E-state index contributed by atoms with van der Waals surface area (Å²) in [6.45, 7) is 6.98. The van der Waals surface area contributed by atoms with Gasteiger partial charge in [0.15, 0.2) is 0 Å². The fourth-order valence-corrected chi connectivity index (χ4v) is 2.90. The molecular weight excluding hydrogens is 222 g/mol. The Labute approximate surface area is 90.8 Å². The third-order valence-electron chi connectivity index (χ3n) is 2.60. The van der Waals surface area contributed by atoms with E-state index in [2.05, 4.69) is 18.7 Å². The highest BCUT2D eigenvalue weighted by molar-refractivity contribution is 8.13. The van der Waals surface area contributed by atoms with Crippen molar-refractivity contribution in [1.82, 2.24) is 4.90 Å². The van der Waals surface area contributed by atoms with E-state index >= 15 is 0 Å². The van der Waals surface area contributed by atoms with E-state index in [4.69, 9.17) is 10.7 Å². The molecule has 2 unspecified atom stereocenters. The van der Waals surface area contributed by atoms with Gasteiger partial charge in [-0.1, -0.05) is 13.8 Å². The smallest absolute Gasteiger partial charge is 0.233 e. The summed E-state index contributed by atoms with van der Waals surface area (Å²) in [5.74, 6) is 1.39. The molecule has 14 heavy (non-hydrogen) atoms. The number of hydrogen-bond donors (Lipinski definition) is 0. The van der Waals surface area contributed by atoms with Crippen LogP contribution >= 0.6 is 10.7 Å². The third-order valence-corrected chi connectivity index (χ3v) is 3.73. The molecule has 84 valence electrons. The zero-order valence-electron chi connectivity index (χ0n) is 8.74. The molecule has 3 nitrogen and oxygen atoms in total. The first-order chi connectivity index (χ1) is 6.37. The standard InChI is InChI=1S/C9H18ClNO2S/c1-8-5-9(2)7-11(6-8)3-4-14(10,12)13/h8-9H,3-7H2,1-2H3. The number of rotatable bonds is 3. The summed E-state index contributed by atoms with van der Waals surface area (Å²) < 4.78 is 21.6. The van der Waals surface area contributed by atoms with Crippen LogP contribution in [0.15, 0.2) is 0 Å². The van der Waals surface area contributed by atoms with Gasteiger partial charge in [0, 0.05) is 30.3 Å². The van der Waals surface area contributed by atoms with Crippen molar-refractivity contribution in [3.05, 3.63) is 0 Å². The minimum atomic E-state index is -3.33. The number of nitrogens with zero attached hydrogens (tertiary/aromatic N) is 1. The highest BCUT2D eigenvalue weighted by Gasteiger charge is 2.22. The summed E-state index contributed by atoms with van der Waals surface area (Å²) in [5.41, 5.74) is 0. The first kappa shape index (κ1) is 12.3. The molecule has 2 atom stereocenters. The van der Waals surface area contributed by atoms with Gasteiger partial charge in [0.05, 0.1) is 5.75 Å². The average Bonchev–Trinajstić information content (AvgIpc) is 1.97. The molecule has 0 spiro atoms. The van der Waals surface area contributed by atoms with Gasteiger partial charge in [-0.15, -0.1) is 0 Å². The van der Waals surface area contributed by atoms with Gasteiger partial charge in [-0.05, 0) is 18.3 Å². The summed E-state index contributed by atoms with van der Waals surface area (Å²) >= 11 is 0. The minimum absolute atomic E-state index is 0.0635. The minimum Gasteiger partial charge on any atom is -0.302 e. The molecule has 0 aliphatic carbocycles. The lowest BCUT2D eigenvalue weighted by atomic mass is 9.92. The Balaban J connectivity index is 2.38. The van der Waals surface area contributed by atoms with E-state index in [-0.39, 0.29) is 5.75 Å². The Bertz CT molecular complexity index is 269. The molecule has 0 aromatic rings. The van der Waals surface area contributed by atoms with E-state index < -0.39 is 9.05 Å². The monoisotopic (exact) mass is 239 g/mol. The number of likely N-dealkylation sites (tertiary alicyclic amines) is 1. The molecule has 1 saturated heterocycles. The van der Waals surface area contributed by atoms with E-state index in [0.29, 0.717) is 18.4 Å². The van der Waals surface area contributed by atoms with E-state index in [1.807, 2.05) is 0 Å². The maximum absolute atomic E-state index is 10.8. The predicted octanol–water partition coefficient (Wildman–Crippen LogP) is 1.53. The van der Waals surface area contributed by atoms with Gasteiger partial charge in [-0.3, -0.25) is 0 Å². The SMILES string of the molecule is CC1CC(C)CN(CCS(=O)(=O)Cl)C1. The molecule has 0 saturated carbocycles. The van der Waals surface area contributed by atoms with E-state index in [0.717, 1.165) is 13.1 Å². The van der Waals surface area contributed by atoms with E-state index in [1.165, 1.54) is 6.42 Å². The van der Waals surface area contributed by atoms with Crippen LogP contribution in [0.25, 0.3) is 0 Å². The highest BCUT2D eigenvalue weighted by atomic mass is 35.7. The first-order valence-corrected chi connectivity index (χ1v) is 7.49.